The first-order valence-electron chi connectivity index (χ1n) is 14.6. The van der Waals surface area contributed by atoms with Crippen LogP contribution in [0.25, 0.3) is 11.1 Å². The minimum Gasteiger partial charge on any atom is -0.396 e. The van der Waals surface area contributed by atoms with Gasteiger partial charge in [0.2, 0.25) is 0 Å². The molecule has 0 amide bonds. The molecule has 2 fully saturated rings. The molecule has 11 atom stereocenters. The summed E-state index contributed by atoms with van der Waals surface area (Å²) in [5.74, 6) is 11.2. The maximum absolute atomic E-state index is 12.1. The zero-order valence-corrected chi connectivity index (χ0v) is 24.3. The van der Waals surface area contributed by atoms with Gasteiger partial charge in [-0.2, -0.15) is 0 Å². The molecular formula is C33H38O11. The molecule has 236 valence electrons. The number of ether oxygens (including phenoxy) is 2. The third kappa shape index (κ3) is 5.67. The van der Waals surface area contributed by atoms with Crippen molar-refractivity contribution in [3.05, 3.63) is 58.7 Å². The maximum Gasteiger partial charge on any atom is 0.147 e. The molecule has 2 aromatic carbocycles. The van der Waals surface area contributed by atoms with Crippen LogP contribution in [-0.2, 0) is 15.1 Å². The van der Waals surface area contributed by atoms with E-state index in [1.165, 1.54) is 0 Å². The predicted molar refractivity (Wildman–Crippen MR) is 156 cm³/mol. The first-order valence-corrected chi connectivity index (χ1v) is 14.6. The number of hydrogen-bond donors (Lipinski definition) is 9. The van der Waals surface area contributed by atoms with E-state index in [4.69, 9.17) is 9.47 Å². The van der Waals surface area contributed by atoms with Crippen molar-refractivity contribution in [2.24, 2.45) is 5.92 Å². The van der Waals surface area contributed by atoms with E-state index >= 15 is 0 Å². The lowest BCUT2D eigenvalue weighted by Gasteiger charge is -2.38. The van der Waals surface area contributed by atoms with Gasteiger partial charge in [-0.05, 0) is 58.9 Å². The van der Waals surface area contributed by atoms with Crippen LogP contribution in [0.15, 0.2) is 36.4 Å². The molecule has 0 radical (unpaired) electrons. The van der Waals surface area contributed by atoms with Gasteiger partial charge < -0.3 is 55.4 Å². The summed E-state index contributed by atoms with van der Waals surface area (Å²) in [6.45, 7) is 2.93. The van der Waals surface area contributed by atoms with E-state index in [9.17, 15) is 46.0 Å². The number of rotatable bonds is 4. The SMILES string of the molecule is CC(C)C1(O)c2cc(C#C[C@H]3O[C@H](CO)[C@@H](O)[C@H](O)[C@@H]3O)ccc2-c2ccc(C#C[C@H]3O[C@H](CCO)[C@@H](O)[C@H](O)[C@@H]3O)cc21. The molecule has 3 aliphatic rings. The van der Waals surface area contributed by atoms with E-state index in [0.29, 0.717) is 22.3 Å². The van der Waals surface area contributed by atoms with Gasteiger partial charge in [0.15, 0.2) is 0 Å². The van der Waals surface area contributed by atoms with Gasteiger partial charge in [-0.1, -0.05) is 49.7 Å². The van der Waals surface area contributed by atoms with E-state index in [0.717, 1.165) is 11.1 Å². The van der Waals surface area contributed by atoms with Gasteiger partial charge in [0, 0.05) is 17.7 Å². The number of benzene rings is 2. The van der Waals surface area contributed by atoms with Gasteiger partial charge in [0.25, 0.3) is 0 Å². The van der Waals surface area contributed by atoms with Crippen LogP contribution in [0, 0.1) is 29.6 Å². The Bertz CT molecular complexity index is 1480. The Labute approximate surface area is 255 Å². The smallest absolute Gasteiger partial charge is 0.147 e. The van der Waals surface area contributed by atoms with Crippen LogP contribution in [0.2, 0.25) is 0 Å². The standard InChI is InChI=1S/C33H38O11/c1-16(2)33(42)21-13-17(5-9-23-27(36)31(40)29(38)25(43-23)11-12-34)3-7-19(21)20-8-4-18(14-22(20)33)6-10-24-28(37)32(41)30(39)26(15-35)44-24/h3-4,7-8,13-14,16,23-32,34-42H,11-12,15H2,1-2H3/t23-,24-,25-,26-,27-,28-,29-,30-,31-,32-,33?/m1/s1. The molecule has 44 heavy (non-hydrogen) atoms. The highest BCUT2D eigenvalue weighted by Gasteiger charge is 2.46. The van der Waals surface area contributed by atoms with Crippen LogP contribution < -0.4 is 0 Å². The van der Waals surface area contributed by atoms with Crippen molar-refractivity contribution in [3.8, 4) is 34.8 Å². The fourth-order valence-corrected chi connectivity index (χ4v) is 6.08. The minimum absolute atomic E-state index is 0.0660. The molecular weight excluding hydrogens is 572 g/mol. The van der Waals surface area contributed by atoms with Gasteiger partial charge in [-0.25, -0.2) is 0 Å². The summed E-state index contributed by atoms with van der Waals surface area (Å²) in [5, 5.41) is 92.0. The zero-order chi connectivity index (χ0) is 31.9. The highest BCUT2D eigenvalue weighted by molar-refractivity contribution is 5.81. The Hall–Kier alpha value is -2.88. The molecule has 0 saturated carbocycles. The largest absolute Gasteiger partial charge is 0.396 e. The second-order valence-corrected chi connectivity index (χ2v) is 11.8. The van der Waals surface area contributed by atoms with E-state index in [2.05, 4.69) is 23.7 Å². The number of aliphatic hydroxyl groups is 9. The summed E-state index contributed by atoms with van der Waals surface area (Å²) in [4.78, 5) is 0. The number of fused-ring (bicyclic) bond motifs is 3. The molecule has 11 nitrogen and oxygen atoms in total. The third-order valence-corrected chi connectivity index (χ3v) is 8.72. The number of aliphatic hydroxyl groups excluding tert-OH is 8. The van der Waals surface area contributed by atoms with Gasteiger partial charge >= 0.3 is 0 Å². The summed E-state index contributed by atoms with van der Waals surface area (Å²) in [6.07, 6.45) is -13.0. The van der Waals surface area contributed by atoms with Crippen molar-refractivity contribution in [1.29, 1.82) is 0 Å². The average Bonchev–Trinajstić information content (AvgIpc) is 3.27. The topological polar surface area (TPSA) is 201 Å². The molecule has 0 bridgehead atoms. The summed E-state index contributed by atoms with van der Waals surface area (Å²) < 4.78 is 11.1. The Morgan fingerprint density at radius 3 is 1.57 bits per heavy atom. The quantitative estimate of drug-likeness (QED) is 0.179. The van der Waals surface area contributed by atoms with Crippen molar-refractivity contribution < 1.29 is 55.4 Å². The van der Waals surface area contributed by atoms with Crippen molar-refractivity contribution in [3.63, 3.8) is 0 Å². The monoisotopic (exact) mass is 610 g/mol. The minimum atomic E-state index is -1.54. The zero-order valence-electron chi connectivity index (χ0n) is 24.3. The van der Waals surface area contributed by atoms with Crippen LogP contribution in [0.5, 0.6) is 0 Å². The molecule has 11 heteroatoms. The molecule has 5 rings (SSSR count). The van der Waals surface area contributed by atoms with Crippen LogP contribution in [0.3, 0.4) is 0 Å². The van der Waals surface area contributed by atoms with E-state index in [-0.39, 0.29) is 18.9 Å². The van der Waals surface area contributed by atoms with E-state index < -0.39 is 73.2 Å². The van der Waals surface area contributed by atoms with Crippen molar-refractivity contribution >= 4 is 0 Å². The summed E-state index contributed by atoms with van der Waals surface area (Å²) in [7, 11) is 0. The Morgan fingerprint density at radius 2 is 1.14 bits per heavy atom. The first kappa shape index (κ1) is 32.5. The summed E-state index contributed by atoms with van der Waals surface area (Å²) >= 11 is 0. The normalized spacial score (nSPS) is 36.1. The Morgan fingerprint density at radius 1 is 0.682 bits per heavy atom. The van der Waals surface area contributed by atoms with Crippen LogP contribution in [0.1, 0.15) is 42.5 Å². The highest BCUT2D eigenvalue weighted by Crippen LogP contribution is 2.51. The van der Waals surface area contributed by atoms with E-state index in [1.807, 2.05) is 26.0 Å². The van der Waals surface area contributed by atoms with Gasteiger partial charge in [-0.3, -0.25) is 0 Å². The molecule has 2 heterocycles. The molecule has 9 N–H and O–H groups in total. The van der Waals surface area contributed by atoms with Crippen LogP contribution >= 0.6 is 0 Å². The van der Waals surface area contributed by atoms with Crippen molar-refractivity contribution in [1.82, 2.24) is 0 Å². The van der Waals surface area contributed by atoms with E-state index in [1.54, 1.807) is 24.3 Å². The molecule has 2 aromatic rings. The predicted octanol–water partition coefficient (Wildman–Crippen LogP) is -1.66. The lowest BCUT2D eigenvalue weighted by molar-refractivity contribution is -0.214. The summed E-state index contributed by atoms with van der Waals surface area (Å²) in [5.41, 5.74) is 2.43. The molecule has 1 aliphatic carbocycles. The molecule has 2 aliphatic heterocycles. The molecule has 0 aromatic heterocycles. The molecule has 0 spiro atoms. The van der Waals surface area contributed by atoms with Crippen LogP contribution in [0.4, 0.5) is 0 Å². The lowest BCUT2D eigenvalue weighted by Crippen LogP contribution is -2.58. The fourth-order valence-electron chi connectivity index (χ4n) is 6.08. The molecule has 2 saturated heterocycles. The summed E-state index contributed by atoms with van der Waals surface area (Å²) in [6, 6.07) is 10.7. The van der Waals surface area contributed by atoms with Gasteiger partial charge in [0.05, 0.1) is 12.7 Å². The highest BCUT2D eigenvalue weighted by atomic mass is 16.5. The van der Waals surface area contributed by atoms with Gasteiger partial charge in [-0.15, -0.1) is 0 Å². The molecule has 1 unspecified atom stereocenters. The van der Waals surface area contributed by atoms with Crippen LogP contribution in [-0.4, -0.2) is 120 Å². The average molecular weight is 611 g/mol. The van der Waals surface area contributed by atoms with Crippen molar-refractivity contribution in [2.75, 3.05) is 13.2 Å². The third-order valence-electron chi connectivity index (χ3n) is 8.72. The number of hydrogen-bond acceptors (Lipinski definition) is 11. The Balaban J connectivity index is 1.44. The maximum atomic E-state index is 12.1. The Kier molecular flexibility index (Phi) is 9.50. The second-order valence-electron chi connectivity index (χ2n) is 11.8. The second kappa shape index (κ2) is 12.9. The fraction of sp³-hybridized carbons (Fsp3) is 0.515. The lowest BCUT2D eigenvalue weighted by atomic mass is 9.80. The van der Waals surface area contributed by atoms with Crippen molar-refractivity contribution in [2.45, 2.75) is 86.9 Å². The first-order chi connectivity index (χ1) is 20.9. The van der Waals surface area contributed by atoms with Gasteiger partial charge in [0.1, 0.15) is 60.5 Å².